The lowest BCUT2D eigenvalue weighted by molar-refractivity contribution is -0.111. The van der Waals surface area contributed by atoms with Gasteiger partial charge in [0.1, 0.15) is 0 Å². The van der Waals surface area contributed by atoms with Crippen LogP contribution in [0.1, 0.15) is 40.1 Å². The number of carbonyl (C=O) groups is 3. The van der Waals surface area contributed by atoms with E-state index in [1.165, 1.54) is 6.08 Å². The first-order valence-corrected chi connectivity index (χ1v) is 9.09. The van der Waals surface area contributed by atoms with Gasteiger partial charge in [-0.2, -0.15) is 0 Å². The first kappa shape index (κ1) is 20.9. The summed E-state index contributed by atoms with van der Waals surface area (Å²) in [7, 11) is 1.57. The molecule has 0 aliphatic heterocycles. The molecule has 2 aromatic rings. The summed E-state index contributed by atoms with van der Waals surface area (Å²) >= 11 is 0. The summed E-state index contributed by atoms with van der Waals surface area (Å²) in [5, 5.41) is 8.14. The van der Waals surface area contributed by atoms with E-state index >= 15 is 0 Å². The molecule has 2 rings (SSSR count). The van der Waals surface area contributed by atoms with E-state index in [-0.39, 0.29) is 17.7 Å². The highest BCUT2D eigenvalue weighted by atomic mass is 16.2. The maximum Gasteiger partial charge on any atom is 0.253 e. The van der Waals surface area contributed by atoms with Crippen LogP contribution in [0.4, 0.5) is 5.69 Å². The number of benzene rings is 2. The van der Waals surface area contributed by atoms with Crippen LogP contribution in [0.2, 0.25) is 0 Å². The largest absolute Gasteiger partial charge is 0.355 e. The number of hydrogen-bond donors (Lipinski definition) is 3. The lowest BCUT2D eigenvalue weighted by atomic mass is 10.1. The van der Waals surface area contributed by atoms with Gasteiger partial charge in [0.05, 0.1) is 11.3 Å². The lowest BCUT2D eigenvalue weighted by Crippen LogP contribution is -2.28. The van der Waals surface area contributed by atoms with E-state index in [1.807, 2.05) is 13.8 Å². The summed E-state index contributed by atoms with van der Waals surface area (Å²) < 4.78 is 0. The van der Waals surface area contributed by atoms with E-state index < -0.39 is 0 Å². The highest BCUT2D eigenvalue weighted by molar-refractivity contribution is 6.07. The van der Waals surface area contributed by atoms with Crippen molar-refractivity contribution in [2.24, 2.45) is 5.92 Å². The highest BCUT2D eigenvalue weighted by Gasteiger charge is 2.12. The first-order chi connectivity index (χ1) is 13.4. The third-order valence-corrected chi connectivity index (χ3v) is 3.93. The fraction of sp³-hybridized carbons (Fsp3) is 0.227. The van der Waals surface area contributed by atoms with Crippen molar-refractivity contribution in [3.05, 3.63) is 71.3 Å². The van der Waals surface area contributed by atoms with E-state index in [1.54, 1.807) is 61.7 Å². The van der Waals surface area contributed by atoms with Crippen LogP contribution in [0, 0.1) is 5.92 Å². The summed E-state index contributed by atoms with van der Waals surface area (Å²) in [6, 6.07) is 13.7. The van der Waals surface area contributed by atoms with Crippen LogP contribution in [-0.2, 0) is 4.79 Å². The third kappa shape index (κ3) is 6.09. The molecule has 3 amide bonds. The molecule has 3 N–H and O–H groups in total. The predicted octanol–water partition coefficient (Wildman–Crippen LogP) is 3.08. The number of hydrogen-bond acceptors (Lipinski definition) is 3. The fourth-order valence-electron chi connectivity index (χ4n) is 2.42. The van der Waals surface area contributed by atoms with Gasteiger partial charge in [0.2, 0.25) is 5.91 Å². The van der Waals surface area contributed by atoms with E-state index in [9.17, 15) is 14.4 Å². The molecular weight excluding hydrogens is 354 g/mol. The number of amides is 3. The number of anilines is 1. The van der Waals surface area contributed by atoms with Crippen LogP contribution in [0.15, 0.2) is 54.6 Å². The standard InChI is InChI=1S/C22H25N3O3/c1-15(2)14-24-22(28)18-6-4-5-7-19(18)25-20(26)13-10-16-8-11-17(12-9-16)21(27)23-3/h4-13,15H,14H2,1-3H3,(H,23,27)(H,24,28)(H,25,26)/b13-10+. The molecule has 0 aliphatic rings. The summed E-state index contributed by atoms with van der Waals surface area (Å²) in [6.45, 7) is 4.59. The maximum absolute atomic E-state index is 12.3. The molecule has 0 heterocycles. The molecule has 2 aromatic carbocycles. The highest BCUT2D eigenvalue weighted by Crippen LogP contribution is 2.15. The topological polar surface area (TPSA) is 87.3 Å². The Hall–Kier alpha value is -3.41. The van der Waals surface area contributed by atoms with Crippen molar-refractivity contribution >= 4 is 29.5 Å². The van der Waals surface area contributed by atoms with Gasteiger partial charge in [0, 0.05) is 25.2 Å². The van der Waals surface area contributed by atoms with E-state index in [0.29, 0.717) is 29.3 Å². The summed E-state index contributed by atoms with van der Waals surface area (Å²) in [5.74, 6) is -0.401. The van der Waals surface area contributed by atoms with Crippen molar-refractivity contribution in [3.8, 4) is 0 Å². The zero-order chi connectivity index (χ0) is 20.5. The normalized spacial score (nSPS) is 10.7. The molecule has 0 atom stereocenters. The van der Waals surface area contributed by atoms with Gasteiger partial charge in [-0.15, -0.1) is 0 Å². The molecule has 28 heavy (non-hydrogen) atoms. The molecule has 0 fully saturated rings. The van der Waals surface area contributed by atoms with Gasteiger partial charge in [-0.3, -0.25) is 14.4 Å². The smallest absolute Gasteiger partial charge is 0.253 e. The molecular formula is C22H25N3O3. The maximum atomic E-state index is 12.3. The minimum absolute atomic E-state index is 0.166. The van der Waals surface area contributed by atoms with Gasteiger partial charge in [0.25, 0.3) is 11.8 Å². The van der Waals surface area contributed by atoms with Gasteiger partial charge in [-0.1, -0.05) is 38.1 Å². The van der Waals surface area contributed by atoms with Crippen molar-refractivity contribution in [1.29, 1.82) is 0 Å². The van der Waals surface area contributed by atoms with Gasteiger partial charge < -0.3 is 16.0 Å². The number of carbonyl (C=O) groups excluding carboxylic acids is 3. The number of rotatable bonds is 7. The quantitative estimate of drug-likeness (QED) is 0.646. The van der Waals surface area contributed by atoms with Gasteiger partial charge >= 0.3 is 0 Å². The Kier molecular flexibility index (Phi) is 7.51. The van der Waals surface area contributed by atoms with E-state index in [2.05, 4.69) is 16.0 Å². The Balaban J connectivity index is 2.04. The summed E-state index contributed by atoms with van der Waals surface area (Å²) in [5.41, 5.74) is 2.20. The van der Waals surface area contributed by atoms with Crippen molar-refractivity contribution in [2.45, 2.75) is 13.8 Å². The van der Waals surface area contributed by atoms with Crippen molar-refractivity contribution in [2.75, 3.05) is 18.9 Å². The average molecular weight is 379 g/mol. The molecule has 0 spiro atoms. The van der Waals surface area contributed by atoms with Gasteiger partial charge in [0.15, 0.2) is 0 Å². The molecule has 6 heteroatoms. The summed E-state index contributed by atoms with van der Waals surface area (Å²) in [6.07, 6.45) is 3.03. The predicted molar refractivity (Wildman–Crippen MR) is 111 cm³/mol. The molecule has 0 aromatic heterocycles. The number of nitrogens with one attached hydrogen (secondary N) is 3. The Morgan fingerprint density at radius 3 is 2.29 bits per heavy atom. The second-order valence-corrected chi connectivity index (χ2v) is 6.67. The Labute approximate surface area is 165 Å². The SMILES string of the molecule is CNC(=O)c1ccc(/C=C/C(=O)Nc2ccccc2C(=O)NCC(C)C)cc1. The zero-order valence-electron chi connectivity index (χ0n) is 16.3. The van der Waals surface area contributed by atoms with Crippen LogP contribution in [0.25, 0.3) is 6.08 Å². The number of para-hydroxylation sites is 1. The minimum Gasteiger partial charge on any atom is -0.355 e. The van der Waals surface area contributed by atoms with Crippen molar-refractivity contribution < 1.29 is 14.4 Å². The van der Waals surface area contributed by atoms with Crippen LogP contribution in [0.5, 0.6) is 0 Å². The third-order valence-electron chi connectivity index (χ3n) is 3.93. The summed E-state index contributed by atoms with van der Waals surface area (Å²) in [4.78, 5) is 36.1. The Bertz CT molecular complexity index is 871. The van der Waals surface area contributed by atoms with Gasteiger partial charge in [-0.05, 0) is 41.8 Å². The van der Waals surface area contributed by atoms with E-state index in [4.69, 9.17) is 0 Å². The second-order valence-electron chi connectivity index (χ2n) is 6.67. The van der Waals surface area contributed by atoms with Crippen molar-refractivity contribution in [3.63, 3.8) is 0 Å². The fourth-order valence-corrected chi connectivity index (χ4v) is 2.42. The van der Waals surface area contributed by atoms with Crippen LogP contribution < -0.4 is 16.0 Å². The second kappa shape index (κ2) is 10.1. The van der Waals surface area contributed by atoms with Crippen LogP contribution in [-0.4, -0.2) is 31.3 Å². The molecule has 0 radical (unpaired) electrons. The van der Waals surface area contributed by atoms with Gasteiger partial charge in [-0.25, -0.2) is 0 Å². The Morgan fingerprint density at radius 2 is 1.64 bits per heavy atom. The minimum atomic E-state index is -0.348. The zero-order valence-corrected chi connectivity index (χ0v) is 16.3. The molecule has 0 unspecified atom stereocenters. The monoisotopic (exact) mass is 379 g/mol. The Morgan fingerprint density at radius 1 is 0.964 bits per heavy atom. The average Bonchev–Trinajstić information content (AvgIpc) is 2.70. The molecule has 0 saturated carbocycles. The van der Waals surface area contributed by atoms with Crippen LogP contribution in [0.3, 0.4) is 0 Å². The molecule has 0 bridgehead atoms. The molecule has 146 valence electrons. The molecule has 6 nitrogen and oxygen atoms in total. The molecule has 0 saturated heterocycles. The lowest BCUT2D eigenvalue weighted by Gasteiger charge is -2.11. The molecule has 0 aliphatic carbocycles. The first-order valence-electron chi connectivity index (χ1n) is 9.09. The van der Waals surface area contributed by atoms with E-state index in [0.717, 1.165) is 5.56 Å². The van der Waals surface area contributed by atoms with Crippen molar-refractivity contribution in [1.82, 2.24) is 10.6 Å². The van der Waals surface area contributed by atoms with Crippen LogP contribution >= 0.6 is 0 Å².